The number of halogens is 2. The predicted molar refractivity (Wildman–Crippen MR) is 109 cm³/mol. The highest BCUT2D eigenvalue weighted by molar-refractivity contribution is 6.30. The minimum atomic E-state index is -0.717. The highest BCUT2D eigenvalue weighted by atomic mass is 35.5. The van der Waals surface area contributed by atoms with Crippen LogP contribution >= 0.6 is 11.6 Å². The number of rotatable bonds is 4. The van der Waals surface area contributed by atoms with Gasteiger partial charge in [-0.2, -0.15) is 9.78 Å². The number of benzene rings is 1. The van der Waals surface area contributed by atoms with Gasteiger partial charge in [0.05, 0.1) is 35.9 Å². The van der Waals surface area contributed by atoms with E-state index in [-0.39, 0.29) is 11.3 Å². The van der Waals surface area contributed by atoms with Gasteiger partial charge in [-0.25, -0.2) is 4.39 Å². The Morgan fingerprint density at radius 3 is 2.63 bits per heavy atom. The lowest BCUT2D eigenvalue weighted by Gasteiger charge is -2.17. The Bertz CT molecular complexity index is 1150. The highest BCUT2D eigenvalue weighted by Gasteiger charge is 2.28. The molecule has 7 nitrogen and oxygen atoms in total. The molecule has 4 rings (SSSR count). The van der Waals surface area contributed by atoms with E-state index in [1.54, 1.807) is 24.3 Å². The van der Waals surface area contributed by atoms with Gasteiger partial charge in [0.2, 0.25) is 0 Å². The maximum Gasteiger partial charge on any atom is 0.284 e. The number of carbonyl (C=O) groups is 1. The standard InChI is InChI=1S/C21H18ClFN4O3/c22-13-6-4-12(5-7-13)18-9-16(20(29)25-17-2-1-3-19(17)28)21(30)27(26-18)15-8-14(23)10-24-11-15/h4-11,17,19,28H,1-3H2,(H,25,29)/t17-,19+/m1/s1. The van der Waals surface area contributed by atoms with Gasteiger partial charge in [-0.1, -0.05) is 23.7 Å². The molecule has 2 atom stereocenters. The van der Waals surface area contributed by atoms with E-state index in [0.29, 0.717) is 29.1 Å². The van der Waals surface area contributed by atoms with Crippen molar-refractivity contribution in [3.8, 4) is 16.9 Å². The first kappa shape index (κ1) is 20.2. The Morgan fingerprint density at radius 2 is 1.97 bits per heavy atom. The summed E-state index contributed by atoms with van der Waals surface area (Å²) in [5.74, 6) is -1.26. The van der Waals surface area contributed by atoms with Crippen LogP contribution in [0.25, 0.3) is 16.9 Å². The van der Waals surface area contributed by atoms with Crippen LogP contribution in [0.4, 0.5) is 4.39 Å². The lowest BCUT2D eigenvalue weighted by molar-refractivity contribution is 0.0871. The molecule has 0 saturated heterocycles. The van der Waals surface area contributed by atoms with Crippen molar-refractivity contribution in [1.82, 2.24) is 20.1 Å². The third-order valence-corrected chi connectivity index (χ3v) is 5.28. The van der Waals surface area contributed by atoms with Gasteiger partial charge >= 0.3 is 0 Å². The molecule has 0 bridgehead atoms. The van der Waals surface area contributed by atoms with Gasteiger partial charge in [0, 0.05) is 16.7 Å². The van der Waals surface area contributed by atoms with Crippen molar-refractivity contribution in [2.75, 3.05) is 0 Å². The molecule has 0 unspecified atom stereocenters. The average Bonchev–Trinajstić information content (AvgIpc) is 3.13. The number of aliphatic hydroxyl groups excluding tert-OH is 1. The van der Waals surface area contributed by atoms with Crippen LogP contribution in [-0.2, 0) is 0 Å². The molecule has 1 aromatic carbocycles. The largest absolute Gasteiger partial charge is 0.391 e. The number of aliphatic hydroxyl groups is 1. The SMILES string of the molecule is O=C(N[C@@H]1CCC[C@@H]1O)c1cc(-c2ccc(Cl)cc2)nn(-c2cncc(F)c2)c1=O. The number of carbonyl (C=O) groups excluding carboxylic acids is 1. The molecule has 2 aromatic heterocycles. The molecule has 0 aliphatic heterocycles. The summed E-state index contributed by atoms with van der Waals surface area (Å²) in [7, 11) is 0. The number of amides is 1. The van der Waals surface area contributed by atoms with E-state index >= 15 is 0 Å². The van der Waals surface area contributed by atoms with E-state index in [0.717, 1.165) is 23.4 Å². The van der Waals surface area contributed by atoms with Gasteiger partial charge in [-0.15, -0.1) is 0 Å². The first-order valence-corrected chi connectivity index (χ1v) is 9.80. The summed E-state index contributed by atoms with van der Waals surface area (Å²) in [5.41, 5.74) is 0.147. The van der Waals surface area contributed by atoms with Crippen LogP contribution in [0.1, 0.15) is 29.6 Å². The molecule has 9 heteroatoms. The average molecular weight is 429 g/mol. The zero-order valence-corrected chi connectivity index (χ0v) is 16.5. The van der Waals surface area contributed by atoms with Crippen LogP contribution in [0, 0.1) is 5.82 Å². The summed E-state index contributed by atoms with van der Waals surface area (Å²) in [6.45, 7) is 0. The van der Waals surface area contributed by atoms with Gasteiger partial charge in [-0.05, 0) is 37.5 Å². The van der Waals surface area contributed by atoms with Crippen LogP contribution in [0.2, 0.25) is 5.02 Å². The third kappa shape index (κ3) is 4.10. The van der Waals surface area contributed by atoms with Crippen molar-refractivity contribution in [3.05, 3.63) is 75.5 Å². The Hall–Kier alpha value is -3.10. The van der Waals surface area contributed by atoms with Crippen molar-refractivity contribution in [3.63, 3.8) is 0 Å². The second-order valence-corrected chi connectivity index (χ2v) is 7.54. The monoisotopic (exact) mass is 428 g/mol. The Morgan fingerprint density at radius 1 is 1.20 bits per heavy atom. The van der Waals surface area contributed by atoms with Crippen LogP contribution in [-0.4, -0.2) is 37.9 Å². The fraction of sp³-hybridized carbons (Fsp3) is 0.238. The summed E-state index contributed by atoms with van der Waals surface area (Å²) in [6.07, 6.45) is 3.65. The van der Waals surface area contributed by atoms with Crippen molar-refractivity contribution in [1.29, 1.82) is 0 Å². The molecule has 3 aromatic rings. The van der Waals surface area contributed by atoms with E-state index in [1.165, 1.54) is 12.3 Å². The van der Waals surface area contributed by atoms with Crippen LogP contribution < -0.4 is 10.9 Å². The number of hydrogen-bond acceptors (Lipinski definition) is 5. The van der Waals surface area contributed by atoms with Crippen LogP contribution in [0.5, 0.6) is 0 Å². The summed E-state index contributed by atoms with van der Waals surface area (Å²) < 4.78 is 14.6. The number of aromatic nitrogens is 3. The predicted octanol–water partition coefficient (Wildman–Crippen LogP) is 2.73. The zero-order valence-electron chi connectivity index (χ0n) is 15.8. The summed E-state index contributed by atoms with van der Waals surface area (Å²) in [6, 6.07) is 8.78. The molecule has 2 N–H and O–H groups in total. The van der Waals surface area contributed by atoms with Crippen LogP contribution in [0.15, 0.2) is 53.6 Å². The quantitative estimate of drug-likeness (QED) is 0.666. The van der Waals surface area contributed by atoms with Gasteiger partial charge in [0.1, 0.15) is 11.4 Å². The molecule has 2 heterocycles. The molecule has 1 saturated carbocycles. The molecule has 1 aliphatic rings. The second kappa shape index (κ2) is 8.33. The molecule has 1 aliphatic carbocycles. The van der Waals surface area contributed by atoms with E-state index < -0.39 is 29.4 Å². The minimum absolute atomic E-state index is 0.0887. The van der Waals surface area contributed by atoms with E-state index in [4.69, 9.17) is 11.6 Å². The van der Waals surface area contributed by atoms with Gasteiger partial charge in [-0.3, -0.25) is 14.6 Å². The van der Waals surface area contributed by atoms with Gasteiger partial charge < -0.3 is 10.4 Å². The summed E-state index contributed by atoms with van der Waals surface area (Å²) in [5, 5.41) is 17.5. The number of nitrogens with one attached hydrogen (secondary N) is 1. The van der Waals surface area contributed by atoms with Gasteiger partial charge in [0.15, 0.2) is 0 Å². The molecule has 30 heavy (non-hydrogen) atoms. The zero-order chi connectivity index (χ0) is 21.3. The highest BCUT2D eigenvalue weighted by Crippen LogP contribution is 2.22. The maximum atomic E-state index is 13.7. The summed E-state index contributed by atoms with van der Waals surface area (Å²) >= 11 is 5.95. The Balaban J connectivity index is 1.82. The number of nitrogens with zero attached hydrogens (tertiary/aromatic N) is 3. The minimum Gasteiger partial charge on any atom is -0.391 e. The lowest BCUT2D eigenvalue weighted by Crippen LogP contribution is -2.42. The molecular weight excluding hydrogens is 411 g/mol. The first-order chi connectivity index (χ1) is 14.4. The first-order valence-electron chi connectivity index (χ1n) is 9.42. The number of pyridine rings is 1. The topological polar surface area (TPSA) is 97.1 Å². The molecule has 1 amide bonds. The number of hydrogen-bond donors (Lipinski definition) is 2. The van der Waals surface area contributed by atoms with E-state index in [1.807, 2.05) is 0 Å². The van der Waals surface area contributed by atoms with Crippen molar-refractivity contribution < 1.29 is 14.3 Å². The van der Waals surface area contributed by atoms with Crippen molar-refractivity contribution >= 4 is 17.5 Å². The Labute approximate surface area is 176 Å². The molecule has 0 spiro atoms. The van der Waals surface area contributed by atoms with Gasteiger partial charge in [0.25, 0.3) is 11.5 Å². The second-order valence-electron chi connectivity index (χ2n) is 7.11. The molecule has 0 radical (unpaired) electrons. The lowest BCUT2D eigenvalue weighted by atomic mass is 10.1. The van der Waals surface area contributed by atoms with Crippen molar-refractivity contribution in [2.24, 2.45) is 0 Å². The third-order valence-electron chi connectivity index (χ3n) is 5.03. The maximum absolute atomic E-state index is 13.7. The fourth-order valence-electron chi connectivity index (χ4n) is 3.47. The normalized spacial score (nSPS) is 18.4. The van der Waals surface area contributed by atoms with Crippen LogP contribution in [0.3, 0.4) is 0 Å². The molecule has 1 fully saturated rings. The fourth-order valence-corrected chi connectivity index (χ4v) is 3.59. The molecular formula is C21H18ClFN4O3. The molecule has 154 valence electrons. The van der Waals surface area contributed by atoms with E-state index in [2.05, 4.69) is 15.4 Å². The Kier molecular flexibility index (Phi) is 5.61. The van der Waals surface area contributed by atoms with Crippen molar-refractivity contribution in [2.45, 2.75) is 31.4 Å². The summed E-state index contributed by atoms with van der Waals surface area (Å²) in [4.78, 5) is 29.7. The smallest absolute Gasteiger partial charge is 0.284 e. The van der Waals surface area contributed by atoms with E-state index in [9.17, 15) is 19.1 Å².